The summed E-state index contributed by atoms with van der Waals surface area (Å²) < 4.78 is 0. The van der Waals surface area contributed by atoms with Crippen LogP contribution in [0.2, 0.25) is 0 Å². The molecule has 0 bridgehead atoms. The molecule has 2 N–H and O–H groups in total. The van der Waals surface area contributed by atoms with Crippen molar-refractivity contribution < 1.29 is 32.2 Å². The van der Waals surface area contributed by atoms with Crippen molar-refractivity contribution in [3.63, 3.8) is 0 Å². The Morgan fingerprint density at radius 3 is 2.33 bits per heavy atom. The van der Waals surface area contributed by atoms with Crippen LogP contribution in [0.1, 0.15) is 0 Å². The van der Waals surface area contributed by atoms with Crippen LogP contribution in [0.5, 0.6) is 11.5 Å². The van der Waals surface area contributed by atoms with Gasteiger partial charge in [0.2, 0.25) is 5.75 Å². The van der Waals surface area contributed by atoms with Crippen molar-refractivity contribution in [3.05, 3.63) is 28.3 Å². The number of nitro benzene ring substituents is 1. The van der Waals surface area contributed by atoms with Gasteiger partial charge in [0.1, 0.15) is 0 Å². The summed E-state index contributed by atoms with van der Waals surface area (Å²) in [6.45, 7) is 0. The first-order chi connectivity index (χ1) is 5.13. The molecular formula is C6H5FeNO4. The van der Waals surface area contributed by atoms with E-state index >= 15 is 0 Å². The number of nitro groups is 1. The van der Waals surface area contributed by atoms with Gasteiger partial charge in [-0.1, -0.05) is 6.07 Å². The molecule has 0 radical (unpaired) electrons. The van der Waals surface area contributed by atoms with Gasteiger partial charge in [-0.25, -0.2) is 0 Å². The second-order valence-electron chi connectivity index (χ2n) is 1.90. The number of phenols is 2. The quantitative estimate of drug-likeness (QED) is 0.314. The predicted octanol–water partition coefficient (Wildman–Crippen LogP) is 1.00. The van der Waals surface area contributed by atoms with Crippen molar-refractivity contribution in [1.29, 1.82) is 0 Å². The number of aromatic hydroxyl groups is 2. The molecule has 0 aliphatic heterocycles. The number of para-hydroxylation sites is 1. The fraction of sp³-hybridized carbons (Fsp3) is 0. The maximum atomic E-state index is 10.1. The van der Waals surface area contributed by atoms with Gasteiger partial charge in [-0.05, 0) is 6.07 Å². The van der Waals surface area contributed by atoms with E-state index in [4.69, 9.17) is 10.2 Å². The largest absolute Gasteiger partial charge is 0.504 e. The smallest absolute Gasteiger partial charge is 0.314 e. The minimum atomic E-state index is -0.769. The molecule has 1 aromatic rings. The molecular weight excluding hydrogens is 206 g/mol. The maximum absolute atomic E-state index is 10.1. The summed E-state index contributed by atoms with van der Waals surface area (Å²) >= 11 is 0. The normalized spacial score (nSPS) is 8.67. The molecule has 0 aromatic heterocycles. The van der Waals surface area contributed by atoms with Crippen LogP contribution in [0.15, 0.2) is 18.2 Å². The van der Waals surface area contributed by atoms with Crippen LogP contribution in [0, 0.1) is 10.1 Å². The average molecular weight is 211 g/mol. The topological polar surface area (TPSA) is 83.6 Å². The molecule has 0 aliphatic carbocycles. The first-order valence-electron chi connectivity index (χ1n) is 2.78. The van der Waals surface area contributed by atoms with Gasteiger partial charge in [0.05, 0.1) is 4.92 Å². The third kappa shape index (κ3) is 1.87. The van der Waals surface area contributed by atoms with E-state index in [1.807, 2.05) is 0 Å². The standard InChI is InChI=1S/C6H5NO4.Fe/c8-5-3-1-2-4(6(5)9)7(10)11;/h1-3,8-9H;. The fourth-order valence-electron chi connectivity index (χ4n) is 0.667. The van der Waals surface area contributed by atoms with Crippen LogP contribution in [0.25, 0.3) is 0 Å². The molecule has 0 fully saturated rings. The van der Waals surface area contributed by atoms with Gasteiger partial charge >= 0.3 is 5.69 Å². The minimum Gasteiger partial charge on any atom is -0.504 e. The number of hydrogen-bond acceptors (Lipinski definition) is 4. The van der Waals surface area contributed by atoms with E-state index in [0.717, 1.165) is 6.07 Å². The molecule has 1 rings (SSSR count). The van der Waals surface area contributed by atoms with Crippen molar-refractivity contribution in [3.8, 4) is 11.5 Å². The van der Waals surface area contributed by atoms with E-state index in [1.54, 1.807) is 0 Å². The van der Waals surface area contributed by atoms with E-state index in [0.29, 0.717) is 0 Å². The molecule has 0 heterocycles. The van der Waals surface area contributed by atoms with Crippen LogP contribution in [-0.2, 0) is 17.1 Å². The molecule has 12 heavy (non-hydrogen) atoms. The van der Waals surface area contributed by atoms with Crippen molar-refractivity contribution in [2.75, 3.05) is 0 Å². The molecule has 5 nitrogen and oxygen atoms in total. The van der Waals surface area contributed by atoms with Crippen LogP contribution in [-0.4, -0.2) is 15.1 Å². The zero-order valence-corrected chi connectivity index (χ0v) is 6.85. The number of phenolic OH excluding ortho intramolecular Hbond substituents is 2. The van der Waals surface area contributed by atoms with E-state index in [-0.39, 0.29) is 17.1 Å². The van der Waals surface area contributed by atoms with E-state index in [9.17, 15) is 10.1 Å². The summed E-state index contributed by atoms with van der Waals surface area (Å²) in [5.41, 5.74) is -0.495. The summed E-state index contributed by atoms with van der Waals surface area (Å²) in [5.74, 6) is -1.18. The van der Waals surface area contributed by atoms with Gasteiger partial charge < -0.3 is 10.2 Å². The van der Waals surface area contributed by atoms with E-state index < -0.39 is 22.1 Å². The van der Waals surface area contributed by atoms with Gasteiger partial charge in [0.25, 0.3) is 0 Å². The Labute approximate surface area is 78.3 Å². The minimum absolute atomic E-state index is 0. The summed E-state index contributed by atoms with van der Waals surface area (Å²) in [7, 11) is 0. The third-order valence-corrected chi connectivity index (χ3v) is 1.19. The average Bonchev–Trinajstić information content (AvgIpc) is 1.94. The van der Waals surface area contributed by atoms with Crippen molar-refractivity contribution in [2.45, 2.75) is 0 Å². The Balaban J connectivity index is 0.00000121. The second kappa shape index (κ2) is 3.94. The molecule has 0 amide bonds. The van der Waals surface area contributed by atoms with Crippen LogP contribution in [0.3, 0.4) is 0 Å². The molecule has 6 heteroatoms. The Hall–Kier alpha value is -1.26. The third-order valence-electron chi connectivity index (χ3n) is 1.19. The zero-order chi connectivity index (χ0) is 8.43. The fourth-order valence-corrected chi connectivity index (χ4v) is 0.667. The first-order valence-corrected chi connectivity index (χ1v) is 2.78. The molecule has 0 saturated heterocycles. The monoisotopic (exact) mass is 211 g/mol. The first kappa shape index (κ1) is 10.7. The molecule has 0 aliphatic rings. The summed E-state index contributed by atoms with van der Waals surface area (Å²) in [5, 5.41) is 27.8. The summed E-state index contributed by atoms with van der Waals surface area (Å²) in [6.07, 6.45) is 0. The van der Waals surface area contributed by atoms with Crippen LogP contribution >= 0.6 is 0 Å². The Morgan fingerprint density at radius 2 is 1.92 bits per heavy atom. The van der Waals surface area contributed by atoms with Crippen LogP contribution < -0.4 is 0 Å². The van der Waals surface area contributed by atoms with Crippen molar-refractivity contribution >= 4 is 5.69 Å². The molecule has 0 atom stereocenters. The van der Waals surface area contributed by atoms with Gasteiger partial charge in [-0.2, -0.15) is 0 Å². The SMILES string of the molecule is O=[N+]([O-])c1cccc(O)c1O.[Fe]. The van der Waals surface area contributed by atoms with E-state index in [1.165, 1.54) is 12.1 Å². The number of rotatable bonds is 1. The molecule has 0 spiro atoms. The second-order valence-corrected chi connectivity index (χ2v) is 1.90. The zero-order valence-electron chi connectivity index (χ0n) is 5.74. The summed E-state index contributed by atoms with van der Waals surface area (Å²) in [6, 6.07) is 3.56. The number of benzene rings is 1. The van der Waals surface area contributed by atoms with Gasteiger partial charge in [-0.15, -0.1) is 0 Å². The Morgan fingerprint density at radius 1 is 1.33 bits per heavy atom. The Kier molecular flexibility index (Phi) is 3.53. The van der Waals surface area contributed by atoms with Crippen molar-refractivity contribution in [1.82, 2.24) is 0 Å². The molecule has 0 saturated carbocycles. The number of hydrogen-bond donors (Lipinski definition) is 2. The van der Waals surface area contributed by atoms with E-state index in [2.05, 4.69) is 0 Å². The van der Waals surface area contributed by atoms with Crippen LogP contribution in [0.4, 0.5) is 5.69 Å². The Bertz CT molecular complexity index is 302. The van der Waals surface area contributed by atoms with Crippen molar-refractivity contribution in [2.24, 2.45) is 0 Å². The molecule has 66 valence electrons. The maximum Gasteiger partial charge on any atom is 0.314 e. The van der Waals surface area contributed by atoms with Gasteiger partial charge in [-0.3, -0.25) is 10.1 Å². The predicted molar refractivity (Wildman–Crippen MR) is 36.4 cm³/mol. The number of nitrogens with zero attached hydrogens (tertiary/aromatic N) is 1. The van der Waals surface area contributed by atoms with Gasteiger partial charge in [0, 0.05) is 23.1 Å². The molecule has 0 unspecified atom stereocenters. The summed E-state index contributed by atoms with van der Waals surface area (Å²) in [4.78, 5) is 9.34. The molecule has 1 aromatic carbocycles. The van der Waals surface area contributed by atoms with Gasteiger partial charge in [0.15, 0.2) is 5.75 Å².